The van der Waals surface area contributed by atoms with E-state index in [4.69, 9.17) is 4.74 Å². The second-order valence-corrected chi connectivity index (χ2v) is 7.29. The molecule has 0 bridgehead atoms. The molecule has 1 heterocycles. The lowest BCUT2D eigenvalue weighted by molar-refractivity contribution is -0.0671. The van der Waals surface area contributed by atoms with Crippen molar-refractivity contribution in [1.82, 2.24) is 9.62 Å². The number of morpholine rings is 1. The molecule has 1 fully saturated rings. The predicted octanol–water partition coefficient (Wildman–Crippen LogP) is 1.35. The van der Waals surface area contributed by atoms with E-state index in [9.17, 15) is 17.2 Å². The predicted molar refractivity (Wildman–Crippen MR) is 78.0 cm³/mol. The fraction of sp³-hybridized carbons (Fsp3) is 0.571. The molecule has 2 rings (SSSR count). The molecule has 0 aromatic heterocycles. The third-order valence-electron chi connectivity index (χ3n) is 3.36. The van der Waals surface area contributed by atoms with E-state index in [1.54, 1.807) is 0 Å². The average Bonchev–Trinajstić information content (AvgIpc) is 2.36. The number of rotatable bonds is 5. The normalized spacial score (nSPS) is 23.6. The van der Waals surface area contributed by atoms with Crippen molar-refractivity contribution in [3.05, 3.63) is 29.8 Å². The van der Waals surface area contributed by atoms with Gasteiger partial charge >= 0.3 is 0 Å². The molecule has 0 aliphatic carbocycles. The number of halogens is 2. The first-order valence-corrected chi connectivity index (χ1v) is 8.58. The molecule has 1 aliphatic rings. The Hall–Kier alpha value is -1.09. The van der Waals surface area contributed by atoms with Crippen molar-refractivity contribution < 1.29 is 21.9 Å². The van der Waals surface area contributed by atoms with Gasteiger partial charge in [0.25, 0.3) is 0 Å². The number of nitrogens with one attached hydrogen (secondary N) is 1. The van der Waals surface area contributed by atoms with Crippen LogP contribution in [-0.4, -0.2) is 51.7 Å². The van der Waals surface area contributed by atoms with Crippen molar-refractivity contribution in [2.45, 2.75) is 31.0 Å². The fourth-order valence-corrected chi connectivity index (χ4v) is 3.63. The third kappa shape index (κ3) is 4.70. The highest BCUT2D eigenvalue weighted by Gasteiger charge is 2.22. The van der Waals surface area contributed by atoms with Crippen LogP contribution >= 0.6 is 0 Å². The van der Waals surface area contributed by atoms with E-state index >= 15 is 0 Å². The zero-order valence-electron chi connectivity index (χ0n) is 12.6. The van der Waals surface area contributed by atoms with Crippen molar-refractivity contribution in [3.8, 4) is 0 Å². The summed E-state index contributed by atoms with van der Waals surface area (Å²) in [6.45, 7) is 6.04. The summed E-state index contributed by atoms with van der Waals surface area (Å²) in [5.74, 6) is -1.84. The molecule has 0 unspecified atom stereocenters. The Morgan fingerprint density at radius 2 is 1.73 bits per heavy atom. The molecule has 1 aromatic rings. The number of sulfonamides is 1. The van der Waals surface area contributed by atoms with Crippen LogP contribution in [0.3, 0.4) is 0 Å². The largest absolute Gasteiger partial charge is 0.373 e. The molecule has 0 amide bonds. The van der Waals surface area contributed by atoms with Gasteiger partial charge < -0.3 is 4.74 Å². The van der Waals surface area contributed by atoms with Crippen molar-refractivity contribution in [3.63, 3.8) is 0 Å². The summed E-state index contributed by atoms with van der Waals surface area (Å²) in [7, 11) is -3.92. The number of benzene rings is 1. The van der Waals surface area contributed by atoms with Gasteiger partial charge in [-0.25, -0.2) is 21.9 Å². The van der Waals surface area contributed by atoms with Gasteiger partial charge in [-0.3, -0.25) is 4.90 Å². The molecule has 0 radical (unpaired) electrons. The number of hydrogen-bond donors (Lipinski definition) is 1. The van der Waals surface area contributed by atoms with Crippen LogP contribution in [0.25, 0.3) is 0 Å². The lowest BCUT2D eigenvalue weighted by Gasteiger charge is -2.35. The highest BCUT2D eigenvalue weighted by Crippen LogP contribution is 2.14. The van der Waals surface area contributed by atoms with Crippen LogP contribution in [0.4, 0.5) is 8.78 Å². The molecule has 1 aromatic carbocycles. The van der Waals surface area contributed by atoms with E-state index in [2.05, 4.69) is 9.62 Å². The average molecular weight is 334 g/mol. The lowest BCUT2D eigenvalue weighted by Crippen LogP contribution is -2.47. The fourth-order valence-electron chi connectivity index (χ4n) is 2.57. The Labute approximate surface area is 129 Å². The minimum atomic E-state index is -3.92. The number of hydrogen-bond acceptors (Lipinski definition) is 4. The summed E-state index contributed by atoms with van der Waals surface area (Å²) in [5, 5.41) is 0. The zero-order chi connectivity index (χ0) is 16.3. The molecular formula is C14H20F2N2O3S. The molecule has 124 valence electrons. The summed E-state index contributed by atoms with van der Waals surface area (Å²) >= 11 is 0. The van der Waals surface area contributed by atoms with Crippen LogP contribution in [0.2, 0.25) is 0 Å². The van der Waals surface area contributed by atoms with Crippen LogP contribution < -0.4 is 4.72 Å². The second-order valence-electron chi connectivity index (χ2n) is 5.52. The highest BCUT2D eigenvalue weighted by molar-refractivity contribution is 7.89. The van der Waals surface area contributed by atoms with Gasteiger partial charge in [-0.2, -0.15) is 0 Å². The minimum Gasteiger partial charge on any atom is -0.373 e. The first kappa shape index (κ1) is 17.3. The Kier molecular flexibility index (Phi) is 5.49. The van der Waals surface area contributed by atoms with Crippen LogP contribution in [0.15, 0.2) is 23.1 Å². The van der Waals surface area contributed by atoms with Gasteiger partial charge in [0.05, 0.1) is 17.1 Å². The number of ether oxygens (including phenoxy) is 1. The van der Waals surface area contributed by atoms with Crippen molar-refractivity contribution in [2.24, 2.45) is 0 Å². The van der Waals surface area contributed by atoms with Crippen LogP contribution in [-0.2, 0) is 14.8 Å². The molecule has 0 spiro atoms. The Morgan fingerprint density at radius 3 is 2.27 bits per heavy atom. The molecule has 0 saturated carbocycles. The van der Waals surface area contributed by atoms with Crippen LogP contribution in [0, 0.1) is 11.6 Å². The quantitative estimate of drug-likeness (QED) is 0.883. The maximum atomic E-state index is 13.1. The van der Waals surface area contributed by atoms with E-state index in [0.717, 1.165) is 25.2 Å². The molecule has 22 heavy (non-hydrogen) atoms. The van der Waals surface area contributed by atoms with Crippen molar-refractivity contribution in [2.75, 3.05) is 26.2 Å². The standard InChI is InChI=1S/C14H20F2N2O3S/c1-10-8-18(9-11(2)21-10)4-3-17-22(19,20)14-6-12(15)5-13(16)7-14/h5-7,10-11,17H,3-4,8-9H2,1-2H3/t10-,11-/m0/s1. The molecular weight excluding hydrogens is 314 g/mol. The monoisotopic (exact) mass is 334 g/mol. The van der Waals surface area contributed by atoms with E-state index in [1.165, 1.54) is 0 Å². The summed E-state index contributed by atoms with van der Waals surface area (Å²) in [4.78, 5) is 1.68. The Bertz CT molecular complexity index is 594. The third-order valence-corrected chi connectivity index (χ3v) is 4.80. The van der Waals surface area contributed by atoms with Gasteiger partial charge in [0, 0.05) is 32.2 Å². The van der Waals surface area contributed by atoms with Crippen LogP contribution in [0.5, 0.6) is 0 Å². The number of nitrogens with zero attached hydrogens (tertiary/aromatic N) is 1. The smallest absolute Gasteiger partial charge is 0.240 e. The molecule has 8 heteroatoms. The summed E-state index contributed by atoms with van der Waals surface area (Å²) in [6, 6.07) is 2.23. The topological polar surface area (TPSA) is 58.6 Å². The maximum absolute atomic E-state index is 13.1. The molecule has 1 N–H and O–H groups in total. The molecule has 1 saturated heterocycles. The zero-order valence-corrected chi connectivity index (χ0v) is 13.4. The van der Waals surface area contributed by atoms with E-state index in [-0.39, 0.29) is 18.8 Å². The Balaban J connectivity index is 1.92. The van der Waals surface area contributed by atoms with Gasteiger partial charge in [0.2, 0.25) is 10.0 Å². The SMILES string of the molecule is C[C@H]1CN(CCNS(=O)(=O)c2cc(F)cc(F)c2)C[C@H](C)O1. The Morgan fingerprint density at radius 1 is 1.18 bits per heavy atom. The minimum absolute atomic E-state index is 0.0951. The highest BCUT2D eigenvalue weighted by atomic mass is 32.2. The van der Waals surface area contributed by atoms with Crippen molar-refractivity contribution >= 4 is 10.0 Å². The molecule has 1 aliphatic heterocycles. The molecule has 2 atom stereocenters. The summed E-state index contributed by atoms with van der Waals surface area (Å²) in [5.41, 5.74) is 0. The van der Waals surface area contributed by atoms with Gasteiger partial charge in [-0.05, 0) is 26.0 Å². The maximum Gasteiger partial charge on any atom is 0.240 e. The second kappa shape index (κ2) is 6.99. The van der Waals surface area contributed by atoms with E-state index in [0.29, 0.717) is 12.6 Å². The molecule has 5 nitrogen and oxygen atoms in total. The first-order valence-electron chi connectivity index (χ1n) is 7.10. The lowest BCUT2D eigenvalue weighted by atomic mass is 10.2. The van der Waals surface area contributed by atoms with Gasteiger partial charge in [-0.15, -0.1) is 0 Å². The van der Waals surface area contributed by atoms with E-state index in [1.807, 2.05) is 13.8 Å². The summed E-state index contributed by atoms with van der Waals surface area (Å²) in [6.07, 6.45) is 0.190. The van der Waals surface area contributed by atoms with Crippen molar-refractivity contribution in [1.29, 1.82) is 0 Å². The van der Waals surface area contributed by atoms with Gasteiger partial charge in [0.1, 0.15) is 11.6 Å². The first-order chi connectivity index (χ1) is 10.3. The van der Waals surface area contributed by atoms with Gasteiger partial charge in [-0.1, -0.05) is 0 Å². The van der Waals surface area contributed by atoms with E-state index < -0.39 is 26.6 Å². The summed E-state index contributed by atoms with van der Waals surface area (Å²) < 4.78 is 58.2. The van der Waals surface area contributed by atoms with Gasteiger partial charge in [0.15, 0.2) is 0 Å². The van der Waals surface area contributed by atoms with Crippen LogP contribution in [0.1, 0.15) is 13.8 Å².